The highest BCUT2D eigenvalue weighted by atomic mass is 14.6. The lowest BCUT2D eigenvalue weighted by Gasteiger charge is -2.38. The van der Waals surface area contributed by atoms with E-state index in [1.54, 1.807) is 0 Å². The number of hydrogen-bond donors (Lipinski definition) is 1. The van der Waals surface area contributed by atoms with E-state index in [1.807, 2.05) is 12.1 Å². The molecular formula is C20H28N2. The second kappa shape index (κ2) is 7.29. The third-order valence-corrected chi connectivity index (χ3v) is 6.12. The van der Waals surface area contributed by atoms with E-state index < -0.39 is 0 Å². The van der Waals surface area contributed by atoms with E-state index in [2.05, 4.69) is 18.2 Å². The SMILES string of the molecule is N#Cc1ccccc1C1CCC(C2CCCC(CN)C2)CC1. The first-order valence-corrected chi connectivity index (χ1v) is 9.01. The number of nitrogens with two attached hydrogens (primary N) is 1. The van der Waals surface area contributed by atoms with Crippen molar-refractivity contribution in [2.75, 3.05) is 6.54 Å². The predicted molar refractivity (Wildman–Crippen MR) is 90.4 cm³/mol. The zero-order valence-corrected chi connectivity index (χ0v) is 13.5. The van der Waals surface area contributed by atoms with Crippen molar-refractivity contribution < 1.29 is 0 Å². The standard InChI is InChI=1S/C20H28N2/c21-13-15-4-3-6-18(12-15)16-8-10-17(11-9-16)20-7-2-1-5-19(20)14-22/h1-2,5,7,15-18H,3-4,6,8-13,21H2. The van der Waals surface area contributed by atoms with Crippen LogP contribution >= 0.6 is 0 Å². The van der Waals surface area contributed by atoms with E-state index in [9.17, 15) is 5.26 Å². The summed E-state index contributed by atoms with van der Waals surface area (Å²) in [5.41, 5.74) is 8.06. The van der Waals surface area contributed by atoms with Gasteiger partial charge in [-0.3, -0.25) is 0 Å². The summed E-state index contributed by atoms with van der Waals surface area (Å²) in [6, 6.07) is 10.5. The first kappa shape index (κ1) is 15.6. The average molecular weight is 296 g/mol. The van der Waals surface area contributed by atoms with Crippen molar-refractivity contribution >= 4 is 0 Å². The van der Waals surface area contributed by atoms with Crippen molar-refractivity contribution in [3.63, 3.8) is 0 Å². The normalized spacial score (nSPS) is 32.4. The molecule has 22 heavy (non-hydrogen) atoms. The fourth-order valence-corrected chi connectivity index (χ4v) is 4.83. The Bertz CT molecular complexity index is 523. The molecule has 0 bridgehead atoms. The number of nitriles is 1. The molecule has 2 heteroatoms. The van der Waals surface area contributed by atoms with E-state index in [4.69, 9.17) is 5.73 Å². The molecule has 1 aromatic carbocycles. The van der Waals surface area contributed by atoms with Gasteiger partial charge in [0.05, 0.1) is 11.6 Å². The quantitative estimate of drug-likeness (QED) is 0.886. The second-order valence-corrected chi connectivity index (χ2v) is 7.34. The molecule has 118 valence electrons. The highest BCUT2D eigenvalue weighted by molar-refractivity contribution is 5.39. The zero-order valence-electron chi connectivity index (χ0n) is 13.5. The molecule has 2 saturated carbocycles. The van der Waals surface area contributed by atoms with Crippen molar-refractivity contribution in [3.05, 3.63) is 35.4 Å². The topological polar surface area (TPSA) is 49.8 Å². The van der Waals surface area contributed by atoms with Gasteiger partial charge < -0.3 is 5.73 Å². The smallest absolute Gasteiger partial charge is 0.0994 e. The van der Waals surface area contributed by atoms with Crippen LogP contribution in [-0.2, 0) is 0 Å². The lowest BCUT2D eigenvalue weighted by atomic mass is 9.67. The van der Waals surface area contributed by atoms with Gasteiger partial charge in [0, 0.05) is 0 Å². The monoisotopic (exact) mass is 296 g/mol. The Morgan fingerprint density at radius 2 is 1.77 bits per heavy atom. The van der Waals surface area contributed by atoms with Crippen LogP contribution in [0.4, 0.5) is 0 Å². The van der Waals surface area contributed by atoms with Crippen molar-refractivity contribution in [2.45, 2.75) is 57.3 Å². The van der Waals surface area contributed by atoms with Crippen LogP contribution in [0.15, 0.2) is 24.3 Å². The van der Waals surface area contributed by atoms with Crippen molar-refractivity contribution in [3.8, 4) is 6.07 Å². The van der Waals surface area contributed by atoms with Gasteiger partial charge in [-0.05, 0) is 80.4 Å². The molecule has 2 aliphatic rings. The van der Waals surface area contributed by atoms with Gasteiger partial charge in [0.1, 0.15) is 0 Å². The maximum atomic E-state index is 9.30. The van der Waals surface area contributed by atoms with Crippen molar-refractivity contribution in [1.29, 1.82) is 5.26 Å². The molecule has 2 unspecified atom stereocenters. The molecule has 2 nitrogen and oxygen atoms in total. The minimum absolute atomic E-state index is 0.598. The first-order valence-electron chi connectivity index (χ1n) is 9.01. The summed E-state index contributed by atoms with van der Waals surface area (Å²) < 4.78 is 0. The van der Waals surface area contributed by atoms with Gasteiger partial charge in [-0.2, -0.15) is 5.26 Å². The summed E-state index contributed by atoms with van der Waals surface area (Å²) in [6.07, 6.45) is 10.7. The summed E-state index contributed by atoms with van der Waals surface area (Å²) in [6.45, 7) is 0.876. The van der Waals surface area contributed by atoms with Gasteiger partial charge in [0.2, 0.25) is 0 Å². The fraction of sp³-hybridized carbons (Fsp3) is 0.650. The maximum Gasteiger partial charge on any atom is 0.0994 e. The molecule has 2 aliphatic carbocycles. The van der Waals surface area contributed by atoms with E-state index in [0.29, 0.717) is 5.92 Å². The van der Waals surface area contributed by atoms with Gasteiger partial charge in [0.25, 0.3) is 0 Å². The molecule has 0 heterocycles. The number of hydrogen-bond acceptors (Lipinski definition) is 2. The van der Waals surface area contributed by atoms with Crippen LogP contribution in [0.25, 0.3) is 0 Å². The Morgan fingerprint density at radius 1 is 1.00 bits per heavy atom. The highest BCUT2D eigenvalue weighted by Gasteiger charge is 2.31. The van der Waals surface area contributed by atoms with Gasteiger partial charge >= 0.3 is 0 Å². The number of benzene rings is 1. The third-order valence-electron chi connectivity index (χ3n) is 6.12. The van der Waals surface area contributed by atoms with E-state index in [1.165, 1.54) is 56.9 Å². The zero-order chi connectivity index (χ0) is 15.4. The molecule has 2 atom stereocenters. The van der Waals surface area contributed by atoms with E-state index in [0.717, 1.165) is 29.9 Å². The van der Waals surface area contributed by atoms with Crippen molar-refractivity contribution in [2.24, 2.45) is 23.5 Å². The molecular weight excluding hydrogens is 268 g/mol. The molecule has 0 aromatic heterocycles. The Kier molecular flexibility index (Phi) is 5.16. The summed E-state index contributed by atoms with van der Waals surface area (Å²) in [5, 5.41) is 9.30. The first-order chi connectivity index (χ1) is 10.8. The molecule has 2 N–H and O–H groups in total. The fourth-order valence-electron chi connectivity index (χ4n) is 4.83. The lowest BCUT2D eigenvalue weighted by molar-refractivity contribution is 0.155. The van der Waals surface area contributed by atoms with Gasteiger partial charge in [-0.25, -0.2) is 0 Å². The number of rotatable bonds is 3. The van der Waals surface area contributed by atoms with Crippen LogP contribution in [0.5, 0.6) is 0 Å². The molecule has 0 amide bonds. The minimum Gasteiger partial charge on any atom is -0.330 e. The Balaban J connectivity index is 1.59. The summed E-state index contributed by atoms with van der Waals surface area (Å²) >= 11 is 0. The van der Waals surface area contributed by atoms with Crippen LogP contribution in [0.2, 0.25) is 0 Å². The van der Waals surface area contributed by atoms with E-state index in [-0.39, 0.29) is 0 Å². The van der Waals surface area contributed by atoms with Gasteiger partial charge in [-0.15, -0.1) is 0 Å². The summed E-state index contributed by atoms with van der Waals surface area (Å²) in [7, 11) is 0. The largest absolute Gasteiger partial charge is 0.330 e. The Hall–Kier alpha value is -1.33. The molecule has 1 aromatic rings. The minimum atomic E-state index is 0.598. The van der Waals surface area contributed by atoms with Crippen LogP contribution < -0.4 is 5.73 Å². The molecule has 0 spiro atoms. The van der Waals surface area contributed by atoms with E-state index >= 15 is 0 Å². The second-order valence-electron chi connectivity index (χ2n) is 7.34. The molecule has 3 rings (SSSR count). The van der Waals surface area contributed by atoms with Crippen LogP contribution in [0.1, 0.15) is 68.4 Å². The summed E-state index contributed by atoms with van der Waals surface area (Å²) in [5.74, 6) is 3.19. The average Bonchev–Trinajstić information content (AvgIpc) is 2.62. The maximum absolute atomic E-state index is 9.30. The predicted octanol–water partition coefficient (Wildman–Crippen LogP) is 4.60. The Labute approximate surface area is 134 Å². The van der Waals surface area contributed by atoms with Gasteiger partial charge in [-0.1, -0.05) is 31.0 Å². The van der Waals surface area contributed by atoms with Crippen LogP contribution in [0.3, 0.4) is 0 Å². The lowest BCUT2D eigenvalue weighted by Crippen LogP contribution is -2.29. The van der Waals surface area contributed by atoms with Gasteiger partial charge in [0.15, 0.2) is 0 Å². The molecule has 0 radical (unpaired) electrons. The molecule has 0 aliphatic heterocycles. The van der Waals surface area contributed by atoms with Crippen LogP contribution in [0, 0.1) is 29.1 Å². The van der Waals surface area contributed by atoms with Crippen LogP contribution in [-0.4, -0.2) is 6.54 Å². The molecule has 0 saturated heterocycles. The molecule has 2 fully saturated rings. The Morgan fingerprint density at radius 3 is 2.50 bits per heavy atom. The number of nitrogens with zero attached hydrogens (tertiary/aromatic N) is 1. The van der Waals surface area contributed by atoms with Crippen molar-refractivity contribution in [1.82, 2.24) is 0 Å². The third kappa shape index (κ3) is 3.36. The highest BCUT2D eigenvalue weighted by Crippen LogP contribution is 2.44. The summed E-state index contributed by atoms with van der Waals surface area (Å²) in [4.78, 5) is 0.